The van der Waals surface area contributed by atoms with Gasteiger partial charge >= 0.3 is 0 Å². The Bertz CT molecular complexity index is 510. The lowest BCUT2D eigenvalue weighted by Crippen LogP contribution is -2.03. The first-order valence-electron chi connectivity index (χ1n) is 6.57. The van der Waals surface area contributed by atoms with Crippen LogP contribution in [0.4, 0.5) is 5.69 Å². The molecule has 0 aliphatic rings. The van der Waals surface area contributed by atoms with Crippen LogP contribution in [-0.2, 0) is 24.1 Å². The van der Waals surface area contributed by atoms with Crippen molar-refractivity contribution in [1.82, 2.24) is 4.98 Å². The maximum absolute atomic E-state index is 5.15. The molecule has 0 aliphatic heterocycles. The molecule has 1 N–H and O–H groups in total. The summed E-state index contributed by atoms with van der Waals surface area (Å²) in [7, 11) is 1.74. The second-order valence-corrected chi connectivity index (χ2v) is 5.53. The lowest BCUT2D eigenvalue weighted by atomic mass is 10.1. The number of nitrogens with one attached hydrogen (secondary N) is 1. The van der Waals surface area contributed by atoms with E-state index in [1.807, 2.05) is 6.20 Å². The Balaban J connectivity index is 1.98. The van der Waals surface area contributed by atoms with Crippen LogP contribution >= 0.6 is 11.3 Å². The van der Waals surface area contributed by atoms with Gasteiger partial charge in [0.15, 0.2) is 0 Å². The van der Waals surface area contributed by atoms with Crippen molar-refractivity contribution in [3.8, 4) is 0 Å². The summed E-state index contributed by atoms with van der Waals surface area (Å²) in [5.41, 5.74) is 2.48. The SMILES string of the molecule is CCc1ncc(CNc2ccccc2CCOC)s1. The molecule has 0 unspecified atom stereocenters. The molecule has 0 aliphatic carbocycles. The minimum atomic E-state index is 0.749. The third-order valence-electron chi connectivity index (χ3n) is 2.95. The Kier molecular flexibility index (Phi) is 5.36. The normalized spacial score (nSPS) is 10.6. The highest BCUT2D eigenvalue weighted by atomic mass is 32.1. The molecule has 0 saturated carbocycles. The number of rotatable bonds is 7. The van der Waals surface area contributed by atoms with Gasteiger partial charge < -0.3 is 10.1 Å². The lowest BCUT2D eigenvalue weighted by molar-refractivity contribution is 0.202. The molecule has 3 nitrogen and oxygen atoms in total. The first-order chi connectivity index (χ1) is 9.33. The van der Waals surface area contributed by atoms with Gasteiger partial charge in [-0.1, -0.05) is 25.1 Å². The van der Waals surface area contributed by atoms with Gasteiger partial charge in [-0.15, -0.1) is 11.3 Å². The molecule has 2 rings (SSSR count). The number of hydrogen-bond donors (Lipinski definition) is 1. The summed E-state index contributed by atoms with van der Waals surface area (Å²) in [6.45, 7) is 3.72. The van der Waals surface area contributed by atoms with E-state index in [1.54, 1.807) is 18.4 Å². The second kappa shape index (κ2) is 7.26. The largest absolute Gasteiger partial charge is 0.384 e. The summed E-state index contributed by atoms with van der Waals surface area (Å²) in [5, 5.41) is 4.69. The van der Waals surface area contributed by atoms with E-state index in [4.69, 9.17) is 4.74 Å². The van der Waals surface area contributed by atoms with Gasteiger partial charge in [-0.2, -0.15) is 0 Å². The van der Waals surface area contributed by atoms with Crippen molar-refractivity contribution in [3.05, 3.63) is 45.9 Å². The van der Waals surface area contributed by atoms with E-state index in [0.717, 1.165) is 26.0 Å². The van der Waals surface area contributed by atoms with E-state index in [2.05, 4.69) is 41.5 Å². The van der Waals surface area contributed by atoms with Crippen molar-refractivity contribution in [2.45, 2.75) is 26.3 Å². The number of ether oxygens (including phenoxy) is 1. The van der Waals surface area contributed by atoms with Crippen LogP contribution in [-0.4, -0.2) is 18.7 Å². The van der Waals surface area contributed by atoms with E-state index in [-0.39, 0.29) is 0 Å². The summed E-state index contributed by atoms with van der Waals surface area (Å²) in [4.78, 5) is 5.65. The van der Waals surface area contributed by atoms with Gasteiger partial charge in [0.25, 0.3) is 0 Å². The number of hydrogen-bond acceptors (Lipinski definition) is 4. The molecule has 0 radical (unpaired) electrons. The molecule has 102 valence electrons. The van der Waals surface area contributed by atoms with E-state index >= 15 is 0 Å². The maximum Gasteiger partial charge on any atom is 0.0925 e. The van der Waals surface area contributed by atoms with E-state index < -0.39 is 0 Å². The molecule has 0 amide bonds. The zero-order chi connectivity index (χ0) is 13.5. The van der Waals surface area contributed by atoms with Crippen LogP contribution in [0.15, 0.2) is 30.5 Å². The standard InChI is InChI=1S/C15H20N2OS/c1-3-15-17-11-13(19-15)10-16-14-7-5-4-6-12(14)8-9-18-2/h4-7,11,16H,3,8-10H2,1-2H3. The molecule has 0 saturated heterocycles. The quantitative estimate of drug-likeness (QED) is 0.840. The van der Waals surface area contributed by atoms with Crippen LogP contribution in [0, 0.1) is 0 Å². The highest BCUT2D eigenvalue weighted by Crippen LogP contribution is 2.19. The van der Waals surface area contributed by atoms with Crippen LogP contribution in [0.1, 0.15) is 22.4 Å². The fourth-order valence-corrected chi connectivity index (χ4v) is 2.70. The topological polar surface area (TPSA) is 34.2 Å². The Hall–Kier alpha value is -1.39. The molecule has 0 atom stereocenters. The average Bonchev–Trinajstić information content (AvgIpc) is 2.91. The highest BCUT2D eigenvalue weighted by molar-refractivity contribution is 7.11. The first-order valence-corrected chi connectivity index (χ1v) is 7.39. The lowest BCUT2D eigenvalue weighted by Gasteiger charge is -2.10. The maximum atomic E-state index is 5.15. The number of anilines is 1. The van der Waals surface area contributed by atoms with Crippen molar-refractivity contribution < 1.29 is 4.74 Å². The fraction of sp³-hybridized carbons (Fsp3) is 0.400. The smallest absolute Gasteiger partial charge is 0.0925 e. The van der Waals surface area contributed by atoms with Gasteiger partial charge in [0.1, 0.15) is 0 Å². The summed E-state index contributed by atoms with van der Waals surface area (Å²) in [6.07, 6.45) is 3.91. The number of aromatic nitrogens is 1. The second-order valence-electron chi connectivity index (χ2n) is 4.33. The van der Waals surface area contributed by atoms with Gasteiger partial charge in [-0.3, -0.25) is 0 Å². The molecular weight excluding hydrogens is 256 g/mol. The predicted molar refractivity (Wildman–Crippen MR) is 80.8 cm³/mol. The van der Waals surface area contributed by atoms with Crippen LogP contribution in [0.2, 0.25) is 0 Å². The molecule has 0 spiro atoms. The molecule has 2 aromatic rings. The van der Waals surface area contributed by atoms with Gasteiger partial charge in [0, 0.05) is 23.9 Å². The molecule has 1 aromatic carbocycles. The van der Waals surface area contributed by atoms with Crippen LogP contribution in [0.5, 0.6) is 0 Å². The molecule has 0 bridgehead atoms. The Morgan fingerprint density at radius 1 is 1.32 bits per heavy atom. The number of nitrogens with zero attached hydrogens (tertiary/aromatic N) is 1. The van der Waals surface area contributed by atoms with Crippen LogP contribution < -0.4 is 5.32 Å². The van der Waals surface area contributed by atoms with Crippen LogP contribution in [0.3, 0.4) is 0 Å². The molecule has 19 heavy (non-hydrogen) atoms. The van der Waals surface area contributed by atoms with Crippen molar-refractivity contribution in [2.75, 3.05) is 19.0 Å². The number of para-hydroxylation sites is 1. The van der Waals surface area contributed by atoms with E-state index in [1.165, 1.54) is 21.1 Å². The Morgan fingerprint density at radius 2 is 2.16 bits per heavy atom. The molecular formula is C15H20N2OS. The Morgan fingerprint density at radius 3 is 2.89 bits per heavy atom. The summed E-state index contributed by atoms with van der Waals surface area (Å²) >= 11 is 1.78. The van der Waals surface area contributed by atoms with E-state index in [0.29, 0.717) is 0 Å². The van der Waals surface area contributed by atoms with Gasteiger partial charge in [-0.25, -0.2) is 4.98 Å². The van der Waals surface area contributed by atoms with Crippen molar-refractivity contribution in [3.63, 3.8) is 0 Å². The van der Waals surface area contributed by atoms with Gasteiger partial charge in [-0.05, 0) is 24.5 Å². The third kappa shape index (κ3) is 4.04. The molecule has 4 heteroatoms. The predicted octanol–water partition coefficient (Wildman–Crippen LogP) is 3.51. The van der Waals surface area contributed by atoms with E-state index in [9.17, 15) is 0 Å². The fourth-order valence-electron chi connectivity index (χ4n) is 1.90. The first kappa shape index (κ1) is 14.0. The van der Waals surface area contributed by atoms with Gasteiger partial charge in [0.05, 0.1) is 18.2 Å². The van der Waals surface area contributed by atoms with Crippen molar-refractivity contribution in [1.29, 1.82) is 0 Å². The summed E-state index contributed by atoms with van der Waals surface area (Å²) in [5.74, 6) is 0. The van der Waals surface area contributed by atoms with Crippen molar-refractivity contribution in [2.24, 2.45) is 0 Å². The number of thiazole rings is 1. The summed E-state index contributed by atoms with van der Waals surface area (Å²) in [6, 6.07) is 8.39. The van der Waals surface area contributed by atoms with Gasteiger partial charge in [0.2, 0.25) is 0 Å². The Labute approximate surface area is 118 Å². The monoisotopic (exact) mass is 276 g/mol. The third-order valence-corrected chi connectivity index (χ3v) is 4.09. The average molecular weight is 276 g/mol. The molecule has 1 heterocycles. The number of benzene rings is 1. The minimum absolute atomic E-state index is 0.749. The molecule has 0 fully saturated rings. The van der Waals surface area contributed by atoms with Crippen molar-refractivity contribution >= 4 is 17.0 Å². The minimum Gasteiger partial charge on any atom is -0.384 e. The highest BCUT2D eigenvalue weighted by Gasteiger charge is 2.03. The van der Waals surface area contributed by atoms with Crippen LogP contribution in [0.25, 0.3) is 0 Å². The number of methoxy groups -OCH3 is 1. The number of aryl methyl sites for hydroxylation is 1. The zero-order valence-electron chi connectivity index (χ0n) is 11.5. The zero-order valence-corrected chi connectivity index (χ0v) is 12.3. The summed E-state index contributed by atoms with van der Waals surface area (Å²) < 4.78 is 5.15. The molecule has 1 aromatic heterocycles.